The number of amides is 1. The fourth-order valence-electron chi connectivity index (χ4n) is 1.47. The summed E-state index contributed by atoms with van der Waals surface area (Å²) in [5.41, 5.74) is 5.52. The number of nitrogens with one attached hydrogen (secondary N) is 1. The zero-order valence-corrected chi connectivity index (χ0v) is 10.8. The standard InChI is InChI=1S/C10H20N2OS2/c1-2-8(5-11)10(13)12-6-9-7-14-3-4-15-9/h8-9H,2-7,11H2,1H3,(H,12,13). The highest BCUT2D eigenvalue weighted by Gasteiger charge is 2.18. The summed E-state index contributed by atoms with van der Waals surface area (Å²) in [4.78, 5) is 11.6. The van der Waals surface area contributed by atoms with E-state index in [1.165, 1.54) is 11.5 Å². The molecule has 15 heavy (non-hydrogen) atoms. The highest BCUT2D eigenvalue weighted by atomic mass is 32.2. The Labute approximate surface area is 100 Å². The second kappa shape index (κ2) is 7.41. The van der Waals surface area contributed by atoms with Gasteiger partial charge in [-0.1, -0.05) is 6.92 Å². The summed E-state index contributed by atoms with van der Waals surface area (Å²) >= 11 is 3.94. The van der Waals surface area contributed by atoms with E-state index in [9.17, 15) is 4.79 Å². The monoisotopic (exact) mass is 248 g/mol. The molecule has 0 aliphatic carbocycles. The van der Waals surface area contributed by atoms with Gasteiger partial charge in [-0.25, -0.2) is 0 Å². The lowest BCUT2D eigenvalue weighted by Crippen LogP contribution is -2.39. The van der Waals surface area contributed by atoms with E-state index in [0.717, 1.165) is 18.7 Å². The lowest BCUT2D eigenvalue weighted by atomic mass is 10.1. The summed E-state index contributed by atoms with van der Waals surface area (Å²) in [5, 5.41) is 3.59. The molecule has 0 aromatic heterocycles. The Morgan fingerprint density at radius 1 is 1.60 bits per heavy atom. The SMILES string of the molecule is CCC(CN)C(=O)NCC1CSCCS1. The highest BCUT2D eigenvalue weighted by molar-refractivity contribution is 8.06. The molecule has 1 saturated heterocycles. The van der Waals surface area contributed by atoms with Crippen molar-refractivity contribution in [3.05, 3.63) is 0 Å². The first kappa shape index (κ1) is 13.2. The van der Waals surface area contributed by atoms with Crippen LogP contribution in [0.1, 0.15) is 13.3 Å². The van der Waals surface area contributed by atoms with Crippen LogP contribution < -0.4 is 11.1 Å². The Bertz CT molecular complexity index is 192. The van der Waals surface area contributed by atoms with Crippen LogP contribution in [0.15, 0.2) is 0 Å². The second-order valence-corrected chi connectivity index (χ2v) is 6.21. The van der Waals surface area contributed by atoms with Gasteiger partial charge in [0.2, 0.25) is 5.91 Å². The highest BCUT2D eigenvalue weighted by Crippen LogP contribution is 2.23. The van der Waals surface area contributed by atoms with E-state index < -0.39 is 0 Å². The minimum atomic E-state index is -0.00811. The molecular formula is C10H20N2OS2. The summed E-state index contributed by atoms with van der Waals surface area (Å²) in [7, 11) is 0. The first-order valence-electron chi connectivity index (χ1n) is 5.45. The van der Waals surface area contributed by atoms with Crippen molar-refractivity contribution in [1.29, 1.82) is 0 Å². The zero-order valence-electron chi connectivity index (χ0n) is 9.20. The maximum absolute atomic E-state index is 11.6. The van der Waals surface area contributed by atoms with Gasteiger partial charge < -0.3 is 11.1 Å². The van der Waals surface area contributed by atoms with E-state index in [0.29, 0.717) is 11.8 Å². The molecule has 1 aliphatic heterocycles. The van der Waals surface area contributed by atoms with Gasteiger partial charge in [0.15, 0.2) is 0 Å². The number of rotatable bonds is 5. The predicted octanol–water partition coefficient (Wildman–Crippen LogP) is 0.936. The number of hydrogen-bond acceptors (Lipinski definition) is 4. The van der Waals surface area contributed by atoms with Gasteiger partial charge in [0, 0.05) is 41.5 Å². The van der Waals surface area contributed by atoms with Crippen molar-refractivity contribution in [2.45, 2.75) is 18.6 Å². The molecule has 0 aromatic carbocycles. The molecule has 5 heteroatoms. The average Bonchev–Trinajstić information content (AvgIpc) is 2.29. The fraction of sp³-hybridized carbons (Fsp3) is 0.900. The quantitative estimate of drug-likeness (QED) is 0.760. The Balaban J connectivity index is 2.20. The number of nitrogens with two attached hydrogens (primary N) is 1. The molecule has 2 atom stereocenters. The van der Waals surface area contributed by atoms with Crippen molar-refractivity contribution in [2.75, 3.05) is 30.3 Å². The van der Waals surface area contributed by atoms with Crippen LogP contribution in [0.2, 0.25) is 0 Å². The topological polar surface area (TPSA) is 55.1 Å². The number of carbonyl (C=O) groups is 1. The lowest BCUT2D eigenvalue weighted by Gasteiger charge is -2.22. The molecule has 1 heterocycles. The Hall–Kier alpha value is 0.130. The van der Waals surface area contributed by atoms with E-state index in [1.807, 2.05) is 30.4 Å². The summed E-state index contributed by atoms with van der Waals surface area (Å²) in [6.07, 6.45) is 0.828. The van der Waals surface area contributed by atoms with Gasteiger partial charge in [0.1, 0.15) is 0 Å². The smallest absolute Gasteiger partial charge is 0.224 e. The molecule has 3 N–H and O–H groups in total. The molecule has 0 spiro atoms. The molecule has 0 saturated carbocycles. The minimum Gasteiger partial charge on any atom is -0.355 e. The summed E-state index contributed by atoms with van der Waals surface area (Å²) < 4.78 is 0. The van der Waals surface area contributed by atoms with Crippen LogP contribution in [-0.4, -0.2) is 41.5 Å². The third-order valence-corrected chi connectivity index (χ3v) is 5.38. The maximum atomic E-state index is 11.6. The van der Waals surface area contributed by atoms with Crippen LogP contribution in [0, 0.1) is 5.92 Å². The van der Waals surface area contributed by atoms with Gasteiger partial charge in [0.25, 0.3) is 0 Å². The summed E-state index contributed by atoms with van der Waals surface area (Å²) in [6, 6.07) is 0. The first-order chi connectivity index (χ1) is 7.27. The third kappa shape index (κ3) is 4.66. The molecule has 0 radical (unpaired) electrons. The number of thioether (sulfide) groups is 2. The van der Waals surface area contributed by atoms with Crippen LogP contribution in [-0.2, 0) is 4.79 Å². The molecule has 1 aliphatic rings. The Morgan fingerprint density at radius 2 is 2.40 bits per heavy atom. The van der Waals surface area contributed by atoms with Gasteiger partial charge in [-0.15, -0.1) is 0 Å². The van der Waals surface area contributed by atoms with Crippen LogP contribution in [0.5, 0.6) is 0 Å². The molecule has 0 bridgehead atoms. The summed E-state index contributed by atoms with van der Waals surface area (Å²) in [6.45, 7) is 3.25. The Kier molecular flexibility index (Phi) is 6.52. The second-order valence-electron chi connectivity index (χ2n) is 3.65. The van der Waals surface area contributed by atoms with Gasteiger partial charge in [-0.05, 0) is 6.42 Å². The molecule has 88 valence electrons. The van der Waals surface area contributed by atoms with Crippen molar-refractivity contribution in [1.82, 2.24) is 5.32 Å². The lowest BCUT2D eigenvalue weighted by molar-refractivity contribution is -0.124. The van der Waals surface area contributed by atoms with Crippen LogP contribution in [0.4, 0.5) is 0 Å². The number of carbonyl (C=O) groups excluding carboxylic acids is 1. The van der Waals surface area contributed by atoms with Crippen molar-refractivity contribution in [3.8, 4) is 0 Å². The molecular weight excluding hydrogens is 228 g/mol. The average molecular weight is 248 g/mol. The van der Waals surface area contributed by atoms with Crippen LogP contribution >= 0.6 is 23.5 Å². The first-order valence-corrected chi connectivity index (χ1v) is 7.65. The summed E-state index contributed by atoms with van der Waals surface area (Å²) in [5.74, 6) is 3.72. The van der Waals surface area contributed by atoms with Gasteiger partial charge >= 0.3 is 0 Å². The minimum absolute atomic E-state index is 0.00811. The van der Waals surface area contributed by atoms with Gasteiger partial charge in [0.05, 0.1) is 0 Å². The van der Waals surface area contributed by atoms with E-state index in [2.05, 4.69) is 5.32 Å². The number of hydrogen-bond donors (Lipinski definition) is 2. The molecule has 0 aromatic rings. The van der Waals surface area contributed by atoms with Gasteiger partial charge in [-0.3, -0.25) is 4.79 Å². The zero-order chi connectivity index (χ0) is 11.1. The molecule has 1 fully saturated rings. The van der Waals surface area contributed by atoms with Crippen molar-refractivity contribution in [2.24, 2.45) is 11.7 Å². The fourth-order valence-corrected chi connectivity index (χ4v) is 4.08. The molecule has 2 unspecified atom stereocenters. The maximum Gasteiger partial charge on any atom is 0.224 e. The molecule has 3 nitrogen and oxygen atoms in total. The molecule has 1 amide bonds. The largest absolute Gasteiger partial charge is 0.355 e. The normalized spacial score (nSPS) is 23.5. The molecule has 1 rings (SSSR count). The van der Waals surface area contributed by atoms with Crippen molar-refractivity contribution in [3.63, 3.8) is 0 Å². The van der Waals surface area contributed by atoms with Gasteiger partial charge in [-0.2, -0.15) is 23.5 Å². The van der Waals surface area contributed by atoms with Crippen LogP contribution in [0.3, 0.4) is 0 Å². The van der Waals surface area contributed by atoms with E-state index in [-0.39, 0.29) is 11.8 Å². The van der Waals surface area contributed by atoms with E-state index >= 15 is 0 Å². The van der Waals surface area contributed by atoms with E-state index in [4.69, 9.17) is 5.73 Å². The van der Waals surface area contributed by atoms with Crippen LogP contribution in [0.25, 0.3) is 0 Å². The third-order valence-electron chi connectivity index (χ3n) is 2.54. The van der Waals surface area contributed by atoms with E-state index in [1.54, 1.807) is 0 Å². The van der Waals surface area contributed by atoms with Crippen molar-refractivity contribution >= 4 is 29.4 Å². The van der Waals surface area contributed by atoms with Crippen molar-refractivity contribution < 1.29 is 4.79 Å². The predicted molar refractivity (Wildman–Crippen MR) is 69.4 cm³/mol. The Morgan fingerprint density at radius 3 is 2.93 bits per heavy atom.